The predicted octanol–water partition coefficient (Wildman–Crippen LogP) is 4.52. The first kappa shape index (κ1) is 15.0. The molecule has 3 rings (SSSR count). The molecule has 4 heteroatoms. The van der Waals surface area contributed by atoms with E-state index in [0.29, 0.717) is 5.76 Å². The number of rotatable bonds is 3. The maximum Gasteiger partial charge on any atom is 0.277 e. The number of hydrogen-bond acceptors (Lipinski definition) is 3. The van der Waals surface area contributed by atoms with Crippen LogP contribution in [0.4, 0.5) is 5.69 Å². The van der Waals surface area contributed by atoms with Crippen LogP contribution in [-0.2, 0) is 0 Å². The number of anilines is 1. The second-order valence-corrected chi connectivity index (χ2v) is 5.71. The first-order chi connectivity index (χ1) is 11.0. The molecule has 0 aliphatic carbocycles. The number of benzene rings is 2. The third kappa shape index (κ3) is 3.31. The lowest BCUT2D eigenvalue weighted by Crippen LogP contribution is -2.13. The Kier molecular flexibility index (Phi) is 3.98. The zero-order chi connectivity index (χ0) is 16.4. The molecule has 0 unspecified atom stereocenters. The lowest BCUT2D eigenvalue weighted by molar-refractivity contribution is 0.101. The van der Waals surface area contributed by atoms with E-state index < -0.39 is 0 Å². The number of aryl methyl sites for hydroxylation is 3. The van der Waals surface area contributed by atoms with Crippen molar-refractivity contribution in [2.75, 3.05) is 5.32 Å². The number of carbonyl (C=O) groups excluding carboxylic acids is 1. The topological polar surface area (TPSA) is 55.1 Å². The van der Waals surface area contributed by atoms with Gasteiger partial charge in [-0.2, -0.15) is 0 Å². The van der Waals surface area contributed by atoms with Gasteiger partial charge in [-0.1, -0.05) is 47.1 Å². The van der Waals surface area contributed by atoms with Crippen LogP contribution in [0.5, 0.6) is 0 Å². The van der Waals surface area contributed by atoms with E-state index in [0.717, 1.165) is 22.4 Å². The highest BCUT2D eigenvalue weighted by molar-refractivity contribution is 6.03. The molecular weight excluding hydrogens is 288 g/mol. The van der Waals surface area contributed by atoms with Gasteiger partial charge in [-0.15, -0.1) is 0 Å². The summed E-state index contributed by atoms with van der Waals surface area (Å²) in [5.41, 5.74) is 5.21. The summed E-state index contributed by atoms with van der Waals surface area (Å²) in [6.07, 6.45) is 0. The number of nitrogens with one attached hydrogen (secondary N) is 1. The molecule has 3 aromatic rings. The summed E-state index contributed by atoms with van der Waals surface area (Å²) in [6.45, 7) is 5.96. The number of nitrogens with zero attached hydrogens (tertiary/aromatic N) is 1. The Morgan fingerprint density at radius 2 is 1.65 bits per heavy atom. The van der Waals surface area contributed by atoms with Crippen molar-refractivity contribution in [3.63, 3.8) is 0 Å². The maximum absolute atomic E-state index is 12.3. The molecule has 4 nitrogen and oxygen atoms in total. The van der Waals surface area contributed by atoms with Crippen molar-refractivity contribution in [3.8, 4) is 11.3 Å². The fraction of sp³-hybridized carbons (Fsp3) is 0.158. The smallest absolute Gasteiger partial charge is 0.277 e. The molecule has 2 aromatic carbocycles. The summed E-state index contributed by atoms with van der Waals surface area (Å²) >= 11 is 0. The molecule has 0 aliphatic rings. The van der Waals surface area contributed by atoms with Crippen LogP contribution in [0.15, 0.2) is 53.1 Å². The van der Waals surface area contributed by atoms with E-state index in [4.69, 9.17) is 4.52 Å². The van der Waals surface area contributed by atoms with Gasteiger partial charge in [0.25, 0.3) is 5.91 Å². The SMILES string of the molecule is Cc1ccc(-c2cc(C(=O)Nc3cc(C)ccc3C)no2)cc1. The van der Waals surface area contributed by atoms with Crippen LogP contribution >= 0.6 is 0 Å². The average Bonchev–Trinajstić information content (AvgIpc) is 3.02. The zero-order valence-electron chi connectivity index (χ0n) is 13.4. The Morgan fingerprint density at radius 3 is 2.39 bits per heavy atom. The summed E-state index contributed by atoms with van der Waals surface area (Å²) in [7, 11) is 0. The van der Waals surface area contributed by atoms with Gasteiger partial charge in [-0.05, 0) is 38.0 Å². The first-order valence-electron chi connectivity index (χ1n) is 7.45. The minimum Gasteiger partial charge on any atom is -0.355 e. The summed E-state index contributed by atoms with van der Waals surface area (Å²) in [4.78, 5) is 12.3. The Balaban J connectivity index is 1.81. The monoisotopic (exact) mass is 306 g/mol. The Labute approximate surface area is 135 Å². The van der Waals surface area contributed by atoms with Crippen LogP contribution in [0.2, 0.25) is 0 Å². The maximum atomic E-state index is 12.3. The minimum atomic E-state index is -0.277. The van der Waals surface area contributed by atoms with Crippen LogP contribution in [0.3, 0.4) is 0 Å². The van der Waals surface area contributed by atoms with Gasteiger partial charge in [0.05, 0.1) is 0 Å². The predicted molar refractivity (Wildman–Crippen MR) is 90.5 cm³/mol. The fourth-order valence-electron chi connectivity index (χ4n) is 2.29. The van der Waals surface area contributed by atoms with Crippen molar-refractivity contribution in [1.29, 1.82) is 0 Å². The molecule has 0 spiro atoms. The van der Waals surface area contributed by atoms with E-state index in [1.807, 2.05) is 63.2 Å². The molecule has 0 bridgehead atoms. The summed E-state index contributed by atoms with van der Waals surface area (Å²) in [6, 6.07) is 15.5. The molecule has 0 radical (unpaired) electrons. The molecule has 1 heterocycles. The number of carbonyl (C=O) groups is 1. The van der Waals surface area contributed by atoms with Gasteiger partial charge in [-0.3, -0.25) is 4.79 Å². The van der Waals surface area contributed by atoms with Crippen molar-refractivity contribution in [2.45, 2.75) is 20.8 Å². The van der Waals surface area contributed by atoms with Gasteiger partial charge in [0.2, 0.25) is 0 Å². The highest BCUT2D eigenvalue weighted by atomic mass is 16.5. The summed E-state index contributed by atoms with van der Waals surface area (Å²) < 4.78 is 5.29. The van der Waals surface area contributed by atoms with Crippen molar-refractivity contribution < 1.29 is 9.32 Å². The molecule has 116 valence electrons. The van der Waals surface area contributed by atoms with Gasteiger partial charge in [0, 0.05) is 17.3 Å². The third-order valence-corrected chi connectivity index (χ3v) is 3.72. The Bertz CT molecular complexity index is 848. The van der Waals surface area contributed by atoms with E-state index >= 15 is 0 Å². The largest absolute Gasteiger partial charge is 0.355 e. The molecule has 1 amide bonds. The lowest BCUT2D eigenvalue weighted by atomic mass is 10.1. The van der Waals surface area contributed by atoms with Crippen molar-refractivity contribution in [2.24, 2.45) is 0 Å². The number of aromatic nitrogens is 1. The molecule has 23 heavy (non-hydrogen) atoms. The van der Waals surface area contributed by atoms with Gasteiger partial charge in [0.1, 0.15) is 0 Å². The Hall–Kier alpha value is -2.88. The molecule has 0 saturated carbocycles. The van der Waals surface area contributed by atoms with Gasteiger partial charge >= 0.3 is 0 Å². The standard InChI is InChI=1S/C19H18N2O2/c1-12-5-8-15(9-6-12)18-11-17(21-23-18)19(22)20-16-10-13(2)4-7-14(16)3/h4-11H,1-3H3,(H,20,22). The molecule has 0 aliphatic heterocycles. The molecule has 0 saturated heterocycles. The van der Waals surface area contributed by atoms with Crippen molar-refractivity contribution in [1.82, 2.24) is 5.16 Å². The van der Waals surface area contributed by atoms with Crippen LogP contribution in [-0.4, -0.2) is 11.1 Å². The second-order valence-electron chi connectivity index (χ2n) is 5.71. The molecule has 0 fully saturated rings. The molecular formula is C19H18N2O2. The summed E-state index contributed by atoms with van der Waals surface area (Å²) in [5.74, 6) is 0.303. The molecule has 1 aromatic heterocycles. The first-order valence-corrected chi connectivity index (χ1v) is 7.45. The third-order valence-electron chi connectivity index (χ3n) is 3.72. The van der Waals surface area contributed by atoms with E-state index in [-0.39, 0.29) is 11.6 Å². The van der Waals surface area contributed by atoms with Crippen LogP contribution in [0.1, 0.15) is 27.2 Å². The van der Waals surface area contributed by atoms with E-state index in [1.165, 1.54) is 5.56 Å². The minimum absolute atomic E-state index is 0.265. The Morgan fingerprint density at radius 1 is 0.957 bits per heavy atom. The van der Waals surface area contributed by atoms with Gasteiger partial charge in [-0.25, -0.2) is 0 Å². The highest BCUT2D eigenvalue weighted by Gasteiger charge is 2.14. The van der Waals surface area contributed by atoms with Gasteiger partial charge < -0.3 is 9.84 Å². The molecule has 1 N–H and O–H groups in total. The van der Waals surface area contributed by atoms with Crippen molar-refractivity contribution >= 4 is 11.6 Å². The van der Waals surface area contributed by atoms with Crippen molar-refractivity contribution in [3.05, 3.63) is 70.9 Å². The van der Waals surface area contributed by atoms with E-state index in [9.17, 15) is 4.79 Å². The average molecular weight is 306 g/mol. The highest BCUT2D eigenvalue weighted by Crippen LogP contribution is 2.22. The van der Waals surface area contributed by atoms with Gasteiger partial charge in [0.15, 0.2) is 11.5 Å². The van der Waals surface area contributed by atoms with E-state index in [2.05, 4.69) is 10.5 Å². The van der Waals surface area contributed by atoms with Crippen LogP contribution in [0, 0.1) is 20.8 Å². The molecule has 0 atom stereocenters. The quantitative estimate of drug-likeness (QED) is 0.774. The second kappa shape index (κ2) is 6.08. The summed E-state index contributed by atoms with van der Waals surface area (Å²) in [5, 5.41) is 6.76. The zero-order valence-corrected chi connectivity index (χ0v) is 13.4. The fourth-order valence-corrected chi connectivity index (χ4v) is 2.29. The van der Waals surface area contributed by atoms with Crippen LogP contribution in [0.25, 0.3) is 11.3 Å². The normalized spacial score (nSPS) is 10.6. The van der Waals surface area contributed by atoms with Crippen LogP contribution < -0.4 is 5.32 Å². The van der Waals surface area contributed by atoms with E-state index in [1.54, 1.807) is 6.07 Å². The lowest BCUT2D eigenvalue weighted by Gasteiger charge is -2.07. The number of amides is 1. The number of hydrogen-bond donors (Lipinski definition) is 1.